The molecule has 1 aromatic heterocycles. The third-order valence-electron chi connectivity index (χ3n) is 2.10. The molecule has 106 valence electrons. The third-order valence-corrected chi connectivity index (χ3v) is 3.02. The number of nitrogens with one attached hydrogen (secondary N) is 1. The number of ether oxygens (including phenoxy) is 2. The average molecular weight is 287 g/mol. The van der Waals surface area contributed by atoms with E-state index in [0.717, 1.165) is 5.75 Å². The van der Waals surface area contributed by atoms with E-state index in [1.807, 2.05) is 0 Å². The molecule has 1 heterocycles. The van der Waals surface area contributed by atoms with Crippen molar-refractivity contribution in [1.29, 1.82) is 0 Å². The van der Waals surface area contributed by atoms with Crippen molar-refractivity contribution in [2.24, 2.45) is 0 Å². The molecule has 0 bridgehead atoms. The quantitative estimate of drug-likeness (QED) is 0.549. The summed E-state index contributed by atoms with van der Waals surface area (Å²) in [5.41, 5.74) is 0.557. The summed E-state index contributed by atoms with van der Waals surface area (Å²) in [5, 5.41) is 6.64. The Morgan fingerprint density at radius 2 is 2.26 bits per heavy atom. The Morgan fingerprint density at radius 3 is 2.95 bits per heavy atom. The monoisotopic (exact) mass is 287 g/mol. The van der Waals surface area contributed by atoms with Gasteiger partial charge >= 0.3 is 5.97 Å². The normalized spacial score (nSPS) is 10.2. The first-order valence-electron chi connectivity index (χ1n) is 5.61. The Bertz CT molecular complexity index is 422. The SMILES string of the molecule is COCCSCC(=O)Nc1cnn(CC(=O)OC)c1. The second-order valence-electron chi connectivity index (χ2n) is 3.60. The molecule has 0 aliphatic carbocycles. The Hall–Kier alpha value is -1.54. The van der Waals surface area contributed by atoms with Crippen LogP contribution >= 0.6 is 11.8 Å². The van der Waals surface area contributed by atoms with Gasteiger partial charge in [-0.3, -0.25) is 14.3 Å². The molecule has 0 saturated heterocycles. The second kappa shape index (κ2) is 8.54. The van der Waals surface area contributed by atoms with Gasteiger partial charge in [-0.2, -0.15) is 5.10 Å². The van der Waals surface area contributed by atoms with Crippen molar-refractivity contribution in [3.05, 3.63) is 12.4 Å². The Labute approximate surface area is 115 Å². The molecule has 0 radical (unpaired) electrons. The van der Waals surface area contributed by atoms with Crippen LogP contribution in [0.25, 0.3) is 0 Å². The number of aromatic nitrogens is 2. The Balaban J connectivity index is 2.32. The highest BCUT2D eigenvalue weighted by Gasteiger charge is 2.07. The summed E-state index contributed by atoms with van der Waals surface area (Å²) in [6, 6.07) is 0. The number of carbonyl (C=O) groups is 2. The highest BCUT2D eigenvalue weighted by Crippen LogP contribution is 2.07. The minimum absolute atomic E-state index is 0.0228. The van der Waals surface area contributed by atoms with Crippen molar-refractivity contribution in [3.63, 3.8) is 0 Å². The van der Waals surface area contributed by atoms with E-state index in [9.17, 15) is 9.59 Å². The van der Waals surface area contributed by atoms with Gasteiger partial charge in [0.2, 0.25) is 5.91 Å². The number of amides is 1. The predicted octanol–water partition coefficient (Wildman–Crippen LogP) is 0.374. The van der Waals surface area contributed by atoms with Gasteiger partial charge in [-0.1, -0.05) is 0 Å². The molecule has 1 aromatic rings. The van der Waals surface area contributed by atoms with Crippen molar-refractivity contribution in [1.82, 2.24) is 9.78 Å². The third kappa shape index (κ3) is 6.25. The smallest absolute Gasteiger partial charge is 0.327 e. The molecule has 19 heavy (non-hydrogen) atoms. The lowest BCUT2D eigenvalue weighted by Gasteiger charge is -2.02. The molecular weight excluding hydrogens is 270 g/mol. The van der Waals surface area contributed by atoms with Gasteiger partial charge in [-0.25, -0.2) is 0 Å². The summed E-state index contributed by atoms with van der Waals surface area (Å²) in [5.74, 6) is 0.617. The average Bonchev–Trinajstić information content (AvgIpc) is 2.81. The highest BCUT2D eigenvalue weighted by atomic mass is 32.2. The molecule has 0 spiro atoms. The van der Waals surface area contributed by atoms with E-state index < -0.39 is 5.97 Å². The van der Waals surface area contributed by atoms with Crippen LogP contribution in [0.4, 0.5) is 5.69 Å². The van der Waals surface area contributed by atoms with Gasteiger partial charge in [-0.05, 0) is 0 Å². The molecule has 1 amide bonds. The lowest BCUT2D eigenvalue weighted by atomic mass is 10.5. The largest absolute Gasteiger partial charge is 0.468 e. The number of hydrogen-bond donors (Lipinski definition) is 1. The van der Waals surface area contributed by atoms with Crippen LogP contribution in [0.1, 0.15) is 0 Å². The van der Waals surface area contributed by atoms with Gasteiger partial charge in [0, 0.05) is 19.1 Å². The zero-order chi connectivity index (χ0) is 14.1. The van der Waals surface area contributed by atoms with Crippen molar-refractivity contribution in [3.8, 4) is 0 Å². The zero-order valence-electron chi connectivity index (χ0n) is 10.9. The molecule has 0 aromatic carbocycles. The number of hydrogen-bond acceptors (Lipinski definition) is 6. The van der Waals surface area contributed by atoms with Crippen LogP contribution in [0.5, 0.6) is 0 Å². The fourth-order valence-corrected chi connectivity index (χ4v) is 1.90. The topological polar surface area (TPSA) is 82.5 Å². The minimum atomic E-state index is -0.393. The maximum Gasteiger partial charge on any atom is 0.327 e. The lowest BCUT2D eigenvalue weighted by Crippen LogP contribution is -2.14. The summed E-state index contributed by atoms with van der Waals surface area (Å²) in [6.07, 6.45) is 3.06. The van der Waals surface area contributed by atoms with Gasteiger partial charge in [0.1, 0.15) is 6.54 Å². The van der Waals surface area contributed by atoms with E-state index in [4.69, 9.17) is 4.74 Å². The summed E-state index contributed by atoms with van der Waals surface area (Å²) < 4.78 is 10.8. The van der Waals surface area contributed by atoms with E-state index >= 15 is 0 Å². The lowest BCUT2D eigenvalue weighted by molar-refractivity contribution is -0.141. The number of methoxy groups -OCH3 is 2. The molecular formula is C11H17N3O4S. The number of esters is 1. The molecule has 0 atom stereocenters. The van der Waals surface area contributed by atoms with Gasteiger partial charge < -0.3 is 14.8 Å². The Morgan fingerprint density at radius 1 is 1.47 bits per heavy atom. The number of nitrogens with zero attached hydrogens (tertiary/aromatic N) is 2. The Kier molecular flexibility index (Phi) is 6.98. The van der Waals surface area contributed by atoms with Crippen LogP contribution in [0.3, 0.4) is 0 Å². The second-order valence-corrected chi connectivity index (χ2v) is 4.70. The van der Waals surface area contributed by atoms with Crippen LogP contribution < -0.4 is 5.32 Å². The first kappa shape index (κ1) is 15.5. The van der Waals surface area contributed by atoms with Crippen LogP contribution in [-0.2, 0) is 25.6 Å². The van der Waals surface area contributed by atoms with E-state index in [-0.39, 0.29) is 12.5 Å². The van der Waals surface area contributed by atoms with Crippen molar-refractivity contribution < 1.29 is 19.1 Å². The van der Waals surface area contributed by atoms with Crippen molar-refractivity contribution in [2.45, 2.75) is 6.54 Å². The highest BCUT2D eigenvalue weighted by molar-refractivity contribution is 7.99. The summed E-state index contributed by atoms with van der Waals surface area (Å²) in [4.78, 5) is 22.6. The van der Waals surface area contributed by atoms with Gasteiger partial charge in [-0.15, -0.1) is 11.8 Å². The van der Waals surface area contributed by atoms with Crippen molar-refractivity contribution in [2.75, 3.05) is 37.6 Å². The molecule has 0 aliphatic rings. The maximum absolute atomic E-state index is 11.6. The molecule has 0 aliphatic heterocycles. The van der Waals surface area contributed by atoms with Crippen LogP contribution in [0.15, 0.2) is 12.4 Å². The molecule has 0 fully saturated rings. The van der Waals surface area contributed by atoms with E-state index in [2.05, 4.69) is 15.2 Å². The molecule has 8 heteroatoms. The van der Waals surface area contributed by atoms with Crippen LogP contribution in [-0.4, -0.2) is 54.0 Å². The van der Waals surface area contributed by atoms with E-state index in [1.165, 1.54) is 29.8 Å². The fraction of sp³-hybridized carbons (Fsp3) is 0.545. The summed E-state index contributed by atoms with van der Waals surface area (Å²) >= 11 is 1.49. The number of anilines is 1. The number of thioether (sulfide) groups is 1. The number of carbonyl (C=O) groups excluding carboxylic acids is 2. The molecule has 0 unspecified atom stereocenters. The van der Waals surface area contributed by atoms with E-state index in [0.29, 0.717) is 18.0 Å². The van der Waals surface area contributed by atoms with Gasteiger partial charge in [0.25, 0.3) is 0 Å². The molecule has 1 rings (SSSR count). The van der Waals surface area contributed by atoms with Crippen molar-refractivity contribution >= 4 is 29.3 Å². The zero-order valence-corrected chi connectivity index (χ0v) is 11.7. The standard InChI is InChI=1S/C11H17N3O4S/c1-17-3-4-19-8-10(15)13-9-5-12-14(6-9)7-11(16)18-2/h5-6H,3-4,7-8H2,1-2H3,(H,13,15). The predicted molar refractivity (Wildman–Crippen MR) is 72.1 cm³/mol. The first-order valence-corrected chi connectivity index (χ1v) is 6.77. The molecule has 7 nitrogen and oxygen atoms in total. The first-order chi connectivity index (χ1) is 9.15. The van der Waals surface area contributed by atoms with Gasteiger partial charge in [0.05, 0.1) is 31.4 Å². The number of rotatable bonds is 8. The summed E-state index contributed by atoms with van der Waals surface area (Å²) in [6.45, 7) is 0.643. The van der Waals surface area contributed by atoms with Crippen LogP contribution in [0.2, 0.25) is 0 Å². The van der Waals surface area contributed by atoms with Crippen LogP contribution in [0, 0.1) is 0 Å². The molecule has 1 N–H and O–H groups in total. The minimum Gasteiger partial charge on any atom is -0.468 e. The maximum atomic E-state index is 11.6. The van der Waals surface area contributed by atoms with Gasteiger partial charge in [0.15, 0.2) is 0 Å². The van der Waals surface area contributed by atoms with E-state index in [1.54, 1.807) is 13.3 Å². The summed E-state index contributed by atoms with van der Waals surface area (Å²) in [7, 11) is 2.93. The fourth-order valence-electron chi connectivity index (χ4n) is 1.22. The molecule has 0 saturated carbocycles.